The number of nitrogens with one attached hydrogen (secondary N) is 4. The first-order chi connectivity index (χ1) is 19.6. The molecule has 0 bridgehead atoms. The summed E-state index contributed by atoms with van der Waals surface area (Å²) in [7, 11) is 0. The number of Topliss-reactive ketones (excluding diaryl/α,β-unsaturated/α-hetero) is 1. The van der Waals surface area contributed by atoms with E-state index < -0.39 is 36.5 Å². The highest BCUT2D eigenvalue weighted by molar-refractivity contribution is 5.99. The van der Waals surface area contributed by atoms with Crippen molar-refractivity contribution in [2.75, 3.05) is 51.0 Å². The number of nitrogens with two attached hydrogens (primary N) is 1. The van der Waals surface area contributed by atoms with Gasteiger partial charge in [0.2, 0.25) is 11.8 Å². The number of carbonyl (C=O) groups is 4. The number of halogens is 1. The molecule has 3 atom stereocenters. The van der Waals surface area contributed by atoms with Crippen LogP contribution < -0.4 is 26.6 Å². The molecule has 0 radical (unpaired) electrons. The molecule has 2 aliphatic rings. The molecule has 0 aliphatic carbocycles. The molecule has 13 heteroatoms. The van der Waals surface area contributed by atoms with Crippen LogP contribution in [0.25, 0.3) is 0 Å². The van der Waals surface area contributed by atoms with Crippen molar-refractivity contribution in [3.8, 4) is 0 Å². The Morgan fingerprint density at radius 1 is 1.15 bits per heavy atom. The van der Waals surface area contributed by atoms with Crippen LogP contribution in [-0.4, -0.2) is 98.6 Å². The van der Waals surface area contributed by atoms with Crippen LogP contribution in [0.1, 0.15) is 49.9 Å². The topological polar surface area (TPSA) is 170 Å². The van der Waals surface area contributed by atoms with Crippen molar-refractivity contribution in [3.63, 3.8) is 0 Å². The van der Waals surface area contributed by atoms with Crippen molar-refractivity contribution in [2.24, 2.45) is 11.7 Å². The number of alkyl halides is 1. The third kappa shape index (κ3) is 8.87. The van der Waals surface area contributed by atoms with Gasteiger partial charge in [0, 0.05) is 37.4 Å². The maximum absolute atomic E-state index is 13.7. The predicted molar refractivity (Wildman–Crippen MR) is 152 cm³/mol. The lowest BCUT2D eigenvalue weighted by molar-refractivity contribution is -0.141. The molecule has 12 nitrogen and oxygen atoms in total. The fraction of sp³-hybridized carbons (Fsp3) is 0.607. The number of rotatable bonds is 13. The van der Waals surface area contributed by atoms with Crippen LogP contribution in [0.15, 0.2) is 24.3 Å². The third-order valence-corrected chi connectivity index (χ3v) is 7.36. The summed E-state index contributed by atoms with van der Waals surface area (Å²) in [5.41, 5.74) is 6.58. The minimum Gasteiger partial charge on any atom is -0.378 e. The SMILES string of the molecule is CC(C)C(NC(=O)c1cccc(N2CCOCC2)c1)C(=O)N1CCCC1C(=O)N[C@@H](CCCNC(=N)N)C(=O)CF. The number of carbonyl (C=O) groups excluding carboxylic acids is 4. The van der Waals surface area contributed by atoms with Crippen LogP contribution in [0.3, 0.4) is 0 Å². The monoisotopic (exact) mass is 575 g/mol. The Hall–Kier alpha value is -3.74. The van der Waals surface area contributed by atoms with Gasteiger partial charge in [-0.15, -0.1) is 0 Å². The minimum atomic E-state index is -1.23. The zero-order valence-corrected chi connectivity index (χ0v) is 23.8. The van der Waals surface area contributed by atoms with Gasteiger partial charge in [-0.1, -0.05) is 19.9 Å². The Morgan fingerprint density at radius 3 is 2.54 bits per heavy atom. The number of morpholine rings is 1. The molecule has 2 unspecified atom stereocenters. The van der Waals surface area contributed by atoms with E-state index in [0.29, 0.717) is 51.1 Å². The summed E-state index contributed by atoms with van der Waals surface area (Å²) in [4.78, 5) is 55.9. The molecule has 226 valence electrons. The molecule has 2 saturated heterocycles. The van der Waals surface area contributed by atoms with Crippen molar-refractivity contribution in [1.29, 1.82) is 5.41 Å². The Kier molecular flexibility index (Phi) is 11.9. The number of guanidine groups is 1. The summed E-state index contributed by atoms with van der Waals surface area (Å²) in [6.07, 6.45) is 1.50. The van der Waals surface area contributed by atoms with E-state index in [-0.39, 0.29) is 30.1 Å². The fourth-order valence-corrected chi connectivity index (χ4v) is 5.09. The van der Waals surface area contributed by atoms with Gasteiger partial charge >= 0.3 is 0 Å². The van der Waals surface area contributed by atoms with E-state index >= 15 is 0 Å². The molecule has 0 spiro atoms. The second-order valence-electron chi connectivity index (χ2n) is 10.7. The van der Waals surface area contributed by atoms with Crippen molar-refractivity contribution in [2.45, 2.75) is 57.7 Å². The van der Waals surface area contributed by atoms with E-state index in [0.717, 1.165) is 18.8 Å². The van der Waals surface area contributed by atoms with E-state index in [1.54, 1.807) is 18.2 Å². The molecular weight excluding hydrogens is 533 g/mol. The minimum absolute atomic E-state index is 0.156. The first kappa shape index (κ1) is 31.8. The van der Waals surface area contributed by atoms with Gasteiger partial charge in [0.15, 0.2) is 11.7 Å². The van der Waals surface area contributed by atoms with Gasteiger partial charge < -0.3 is 36.2 Å². The third-order valence-electron chi connectivity index (χ3n) is 7.36. The molecule has 2 heterocycles. The molecule has 6 N–H and O–H groups in total. The summed E-state index contributed by atoms with van der Waals surface area (Å²) in [6, 6.07) is 4.46. The smallest absolute Gasteiger partial charge is 0.252 e. The quantitative estimate of drug-likeness (QED) is 0.129. The van der Waals surface area contributed by atoms with Crippen LogP contribution in [0.2, 0.25) is 0 Å². The molecule has 2 aliphatic heterocycles. The predicted octanol–water partition coefficient (Wildman–Crippen LogP) is 0.555. The summed E-state index contributed by atoms with van der Waals surface area (Å²) < 4.78 is 18.6. The normalized spacial score (nSPS) is 18.5. The van der Waals surface area contributed by atoms with E-state index in [2.05, 4.69) is 20.9 Å². The summed E-state index contributed by atoms with van der Waals surface area (Å²) in [5.74, 6) is -2.54. The number of likely N-dealkylation sites (tertiary alicyclic amines) is 1. The molecule has 3 amide bonds. The highest BCUT2D eigenvalue weighted by atomic mass is 19.1. The van der Waals surface area contributed by atoms with Gasteiger partial charge in [0.25, 0.3) is 5.91 Å². The number of ether oxygens (including phenoxy) is 1. The largest absolute Gasteiger partial charge is 0.378 e. The molecule has 2 fully saturated rings. The Morgan fingerprint density at radius 2 is 1.88 bits per heavy atom. The first-order valence-electron chi connectivity index (χ1n) is 14.1. The number of hydrogen-bond acceptors (Lipinski definition) is 7. The van der Waals surface area contributed by atoms with Crippen molar-refractivity contribution < 1.29 is 28.3 Å². The number of nitrogens with zero attached hydrogens (tertiary/aromatic N) is 2. The maximum Gasteiger partial charge on any atom is 0.252 e. The number of benzene rings is 1. The van der Waals surface area contributed by atoms with Gasteiger partial charge in [-0.3, -0.25) is 24.6 Å². The van der Waals surface area contributed by atoms with Crippen molar-refractivity contribution in [1.82, 2.24) is 20.9 Å². The molecule has 1 aromatic carbocycles. The van der Waals surface area contributed by atoms with E-state index in [4.69, 9.17) is 15.9 Å². The zero-order valence-electron chi connectivity index (χ0n) is 23.8. The van der Waals surface area contributed by atoms with Crippen LogP contribution >= 0.6 is 0 Å². The maximum atomic E-state index is 13.7. The summed E-state index contributed by atoms with van der Waals surface area (Å²) in [5, 5.41) is 15.3. The number of ketones is 1. The Balaban J connectivity index is 1.66. The van der Waals surface area contributed by atoms with Gasteiger partial charge in [0.1, 0.15) is 18.8 Å². The van der Waals surface area contributed by atoms with Gasteiger partial charge in [-0.25, -0.2) is 4.39 Å². The average molecular weight is 576 g/mol. The van der Waals surface area contributed by atoms with Gasteiger partial charge in [-0.2, -0.15) is 0 Å². The molecule has 0 aromatic heterocycles. The molecule has 41 heavy (non-hydrogen) atoms. The van der Waals surface area contributed by atoms with Crippen LogP contribution in [0.4, 0.5) is 10.1 Å². The molecular formula is C28H42FN7O5. The number of hydrogen-bond donors (Lipinski definition) is 5. The molecule has 3 rings (SSSR count). The van der Waals surface area contributed by atoms with Gasteiger partial charge in [-0.05, 0) is 49.8 Å². The average Bonchev–Trinajstić information content (AvgIpc) is 3.47. The lowest BCUT2D eigenvalue weighted by Gasteiger charge is -2.31. The summed E-state index contributed by atoms with van der Waals surface area (Å²) >= 11 is 0. The molecule has 1 aromatic rings. The van der Waals surface area contributed by atoms with Crippen LogP contribution in [0.5, 0.6) is 0 Å². The van der Waals surface area contributed by atoms with Crippen LogP contribution in [0, 0.1) is 11.3 Å². The molecule has 0 saturated carbocycles. The standard InChI is InChI=1S/C28H42FN7O5/c1-18(2)24(34-25(38)19-6-3-7-20(16-19)35-12-14-41-15-13-35)27(40)36-11-5-9-22(36)26(39)33-21(23(37)17-29)8-4-10-32-28(30)31/h3,6-7,16,18,21-22,24H,4-5,8-15,17H2,1-2H3,(H,33,39)(H,34,38)(H4,30,31,32)/t21-,22?,24?/m0/s1. The van der Waals surface area contributed by atoms with E-state index in [1.165, 1.54) is 4.90 Å². The van der Waals surface area contributed by atoms with E-state index in [1.807, 2.05) is 19.9 Å². The Bertz CT molecular complexity index is 1100. The van der Waals surface area contributed by atoms with Gasteiger partial charge in [0.05, 0.1) is 19.3 Å². The number of anilines is 1. The van der Waals surface area contributed by atoms with Crippen molar-refractivity contribution in [3.05, 3.63) is 29.8 Å². The Labute approximate surface area is 240 Å². The van der Waals surface area contributed by atoms with Crippen molar-refractivity contribution >= 4 is 35.2 Å². The van der Waals surface area contributed by atoms with Crippen LogP contribution in [-0.2, 0) is 19.1 Å². The zero-order chi connectivity index (χ0) is 29.9. The first-order valence-corrected chi connectivity index (χ1v) is 14.1. The van der Waals surface area contributed by atoms with E-state index in [9.17, 15) is 23.6 Å². The lowest BCUT2D eigenvalue weighted by Crippen LogP contribution is -2.56. The highest BCUT2D eigenvalue weighted by Gasteiger charge is 2.39. The highest BCUT2D eigenvalue weighted by Crippen LogP contribution is 2.22. The second kappa shape index (κ2) is 15.3. The number of amides is 3. The lowest BCUT2D eigenvalue weighted by atomic mass is 10.0. The summed E-state index contributed by atoms with van der Waals surface area (Å²) in [6.45, 7) is 5.72. The fourth-order valence-electron chi connectivity index (χ4n) is 5.09. The second-order valence-corrected chi connectivity index (χ2v) is 10.7.